The lowest BCUT2D eigenvalue weighted by Gasteiger charge is -2.32. The van der Waals surface area contributed by atoms with Gasteiger partial charge in [0.1, 0.15) is 0 Å². The van der Waals surface area contributed by atoms with Crippen molar-refractivity contribution in [1.29, 1.82) is 0 Å². The van der Waals surface area contributed by atoms with Crippen molar-refractivity contribution in [2.45, 2.75) is 38.8 Å². The molecule has 0 spiro atoms. The lowest BCUT2D eigenvalue weighted by atomic mass is 10.0. The third-order valence-electron chi connectivity index (χ3n) is 4.33. The fraction of sp³-hybridized carbons (Fsp3) is 0.500. The van der Waals surface area contributed by atoms with Crippen LogP contribution in [0.4, 0.5) is 0 Å². The fourth-order valence-corrected chi connectivity index (χ4v) is 2.74. The number of carbonyl (C=O) groups excluding carboxylic acids is 2. The topological polar surface area (TPSA) is 75.4 Å². The van der Waals surface area contributed by atoms with E-state index in [0.29, 0.717) is 6.42 Å². The van der Waals surface area contributed by atoms with Crippen LogP contribution in [-0.4, -0.2) is 35.8 Å². The molecule has 0 aromatic heterocycles. The highest BCUT2D eigenvalue weighted by atomic mass is 16.2. The molecule has 0 bridgehead atoms. The minimum Gasteiger partial charge on any atom is -0.369 e. The lowest BCUT2D eigenvalue weighted by molar-refractivity contribution is -0.121. The van der Waals surface area contributed by atoms with Crippen LogP contribution in [-0.2, 0) is 16.1 Å². The van der Waals surface area contributed by atoms with Gasteiger partial charge in [-0.15, -0.1) is 0 Å². The predicted molar refractivity (Wildman–Crippen MR) is 90.2 cm³/mol. The molecule has 125 valence electrons. The number of nitrogens with two attached hydrogens (primary N) is 1. The molecule has 1 heterocycles. The zero-order valence-electron chi connectivity index (χ0n) is 13.7. The number of likely N-dealkylation sites (tertiary alicyclic amines) is 1. The molecule has 5 nitrogen and oxygen atoms in total. The van der Waals surface area contributed by atoms with Gasteiger partial charge in [0.25, 0.3) is 0 Å². The number of benzene rings is 1. The summed E-state index contributed by atoms with van der Waals surface area (Å²) < 4.78 is 0. The van der Waals surface area contributed by atoms with Crippen molar-refractivity contribution in [1.82, 2.24) is 10.2 Å². The molecular weight excluding hydrogens is 290 g/mol. The molecule has 23 heavy (non-hydrogen) atoms. The first-order chi connectivity index (χ1) is 11.0. The first kappa shape index (κ1) is 17.5. The molecule has 3 N–H and O–H groups in total. The van der Waals surface area contributed by atoms with Crippen LogP contribution in [0.5, 0.6) is 0 Å². The number of nitrogens with one attached hydrogen (secondary N) is 1. The highest BCUT2D eigenvalue weighted by Crippen LogP contribution is 2.14. The maximum absolute atomic E-state index is 11.9. The summed E-state index contributed by atoms with van der Waals surface area (Å²) in [5.74, 6) is -0.767. The summed E-state index contributed by atoms with van der Waals surface area (Å²) in [6.07, 6.45) is 3.84. The van der Waals surface area contributed by atoms with Gasteiger partial charge in [0.15, 0.2) is 0 Å². The molecule has 2 rings (SSSR count). The van der Waals surface area contributed by atoms with Gasteiger partial charge >= 0.3 is 0 Å². The van der Waals surface area contributed by atoms with E-state index in [2.05, 4.69) is 34.5 Å². The Hall–Kier alpha value is -1.88. The van der Waals surface area contributed by atoms with Gasteiger partial charge in [0, 0.05) is 31.6 Å². The molecule has 0 saturated carbocycles. The van der Waals surface area contributed by atoms with E-state index in [9.17, 15) is 9.59 Å². The second kappa shape index (κ2) is 8.67. The van der Waals surface area contributed by atoms with Crippen LogP contribution in [0.3, 0.4) is 0 Å². The van der Waals surface area contributed by atoms with Gasteiger partial charge in [-0.2, -0.15) is 0 Å². The van der Waals surface area contributed by atoms with Crippen molar-refractivity contribution in [3.05, 3.63) is 42.3 Å². The van der Waals surface area contributed by atoms with Crippen LogP contribution < -0.4 is 11.1 Å². The van der Waals surface area contributed by atoms with Crippen LogP contribution >= 0.6 is 0 Å². The van der Waals surface area contributed by atoms with Crippen LogP contribution in [0.1, 0.15) is 31.7 Å². The van der Waals surface area contributed by atoms with Crippen molar-refractivity contribution in [2.24, 2.45) is 11.7 Å². The Balaban J connectivity index is 1.66. The van der Waals surface area contributed by atoms with Gasteiger partial charge in [0.2, 0.25) is 11.8 Å². The van der Waals surface area contributed by atoms with E-state index in [1.54, 1.807) is 6.92 Å². The number of amides is 2. The maximum atomic E-state index is 11.9. The average molecular weight is 316 g/mol. The summed E-state index contributed by atoms with van der Waals surface area (Å²) in [7, 11) is 0. The van der Waals surface area contributed by atoms with Crippen LogP contribution in [0, 0.1) is 12.3 Å². The minimum absolute atomic E-state index is 0.0976. The quantitative estimate of drug-likeness (QED) is 0.800. The second-order valence-electron chi connectivity index (χ2n) is 6.29. The van der Waals surface area contributed by atoms with Gasteiger partial charge in [-0.3, -0.25) is 14.5 Å². The largest absolute Gasteiger partial charge is 0.369 e. The van der Waals surface area contributed by atoms with Crippen LogP contribution in [0.2, 0.25) is 0 Å². The Morgan fingerprint density at radius 3 is 2.57 bits per heavy atom. The average Bonchev–Trinajstić information content (AvgIpc) is 2.55. The minimum atomic E-state index is -0.372. The summed E-state index contributed by atoms with van der Waals surface area (Å²) in [4.78, 5) is 25.2. The predicted octanol–water partition coefficient (Wildman–Crippen LogP) is 1.48. The van der Waals surface area contributed by atoms with Gasteiger partial charge in [-0.1, -0.05) is 37.3 Å². The molecule has 5 heteroatoms. The van der Waals surface area contributed by atoms with Crippen molar-refractivity contribution in [2.75, 3.05) is 13.1 Å². The number of hydrogen-bond donors (Lipinski definition) is 2. The lowest BCUT2D eigenvalue weighted by Crippen LogP contribution is -2.44. The maximum Gasteiger partial charge on any atom is 0.224 e. The Labute approximate surface area is 138 Å². The number of piperidine rings is 1. The number of rotatable bonds is 7. The third-order valence-corrected chi connectivity index (χ3v) is 4.33. The van der Waals surface area contributed by atoms with Gasteiger partial charge in [0.05, 0.1) is 6.42 Å². The van der Waals surface area contributed by atoms with E-state index < -0.39 is 0 Å². The molecule has 1 fully saturated rings. The molecule has 1 aromatic carbocycles. The Bertz CT molecular complexity index is 510. The van der Waals surface area contributed by atoms with Crippen molar-refractivity contribution >= 4 is 11.8 Å². The van der Waals surface area contributed by atoms with Crippen molar-refractivity contribution in [3.63, 3.8) is 0 Å². The standard InChI is InChI=1S/C18H26N3O2/c1-14(18(19)23)7-8-17(22)20-16-9-11-21(12-10-16)13-15-5-3-2-4-6-15/h2-6,8,14,16H,7,9-13H2,1H3,(H2,19,23)(H,20,22)/t14-/m0/s1. The van der Waals surface area contributed by atoms with E-state index in [1.165, 1.54) is 12.0 Å². The van der Waals surface area contributed by atoms with E-state index in [0.717, 1.165) is 32.5 Å². The van der Waals surface area contributed by atoms with E-state index in [4.69, 9.17) is 5.73 Å². The smallest absolute Gasteiger partial charge is 0.224 e. The summed E-state index contributed by atoms with van der Waals surface area (Å²) in [6.45, 7) is 4.66. The van der Waals surface area contributed by atoms with Crippen LogP contribution in [0.25, 0.3) is 0 Å². The number of hydrogen-bond acceptors (Lipinski definition) is 3. The molecule has 0 aliphatic carbocycles. The zero-order valence-corrected chi connectivity index (χ0v) is 13.7. The molecule has 1 aromatic rings. The van der Waals surface area contributed by atoms with Crippen molar-refractivity contribution < 1.29 is 9.59 Å². The van der Waals surface area contributed by atoms with Crippen molar-refractivity contribution in [3.8, 4) is 0 Å². The van der Waals surface area contributed by atoms with Gasteiger partial charge < -0.3 is 11.1 Å². The highest BCUT2D eigenvalue weighted by molar-refractivity contribution is 5.86. The molecule has 2 amide bonds. The SMILES string of the molecule is C[C@@H](C[CH]C(=O)NC1CCN(Cc2ccccc2)CC1)C(N)=O. The Morgan fingerprint density at radius 1 is 1.30 bits per heavy atom. The van der Waals surface area contributed by atoms with Crippen LogP contribution in [0.15, 0.2) is 30.3 Å². The first-order valence-corrected chi connectivity index (χ1v) is 8.24. The van der Waals surface area contributed by atoms with Gasteiger partial charge in [-0.05, 0) is 24.8 Å². The summed E-state index contributed by atoms with van der Waals surface area (Å²) in [6, 6.07) is 10.7. The number of carbonyl (C=O) groups is 2. The van der Waals surface area contributed by atoms with E-state index in [-0.39, 0.29) is 23.8 Å². The Kier molecular flexibility index (Phi) is 6.59. The summed E-state index contributed by atoms with van der Waals surface area (Å²) in [5, 5.41) is 3.02. The van der Waals surface area contributed by atoms with E-state index in [1.807, 2.05) is 6.07 Å². The molecule has 1 aliphatic heterocycles. The molecule has 1 atom stereocenters. The molecule has 0 unspecified atom stereocenters. The zero-order chi connectivity index (χ0) is 16.7. The summed E-state index contributed by atoms with van der Waals surface area (Å²) >= 11 is 0. The number of nitrogens with zero attached hydrogens (tertiary/aromatic N) is 1. The summed E-state index contributed by atoms with van der Waals surface area (Å²) in [5.41, 5.74) is 6.51. The normalized spacial score (nSPS) is 17.6. The van der Waals surface area contributed by atoms with Gasteiger partial charge in [-0.25, -0.2) is 0 Å². The molecule has 1 aliphatic rings. The monoisotopic (exact) mass is 316 g/mol. The third kappa shape index (κ3) is 6.02. The van der Waals surface area contributed by atoms with E-state index >= 15 is 0 Å². The molecule has 1 saturated heterocycles. The fourth-order valence-electron chi connectivity index (χ4n) is 2.74. The molecule has 1 radical (unpaired) electrons. The number of primary amides is 1. The molecular formula is C18H26N3O2. The second-order valence-corrected chi connectivity index (χ2v) is 6.29. The Morgan fingerprint density at radius 2 is 1.96 bits per heavy atom. The highest BCUT2D eigenvalue weighted by Gasteiger charge is 2.21. The first-order valence-electron chi connectivity index (χ1n) is 8.24.